The Morgan fingerprint density at radius 1 is 1.11 bits per heavy atom. The van der Waals surface area contributed by atoms with Crippen LogP contribution in [0.25, 0.3) is 10.8 Å². The summed E-state index contributed by atoms with van der Waals surface area (Å²) < 4.78 is 4.97. The lowest BCUT2D eigenvalue weighted by atomic mass is 9.70. The van der Waals surface area contributed by atoms with Gasteiger partial charge in [-0.1, -0.05) is 30.3 Å². The maximum Gasteiger partial charge on any atom is 0.331 e. The predicted octanol–water partition coefficient (Wildman–Crippen LogP) is 2.59. The average molecular weight is 543 g/mol. The smallest absolute Gasteiger partial charge is 0.331 e. The molecule has 9 nitrogen and oxygen atoms in total. The Kier molecular flexibility index (Phi) is 7.71. The highest BCUT2D eigenvalue weighted by atomic mass is 32.2. The van der Waals surface area contributed by atoms with E-state index in [1.54, 1.807) is 6.07 Å². The minimum absolute atomic E-state index is 0.360. The fourth-order valence-electron chi connectivity index (χ4n) is 6.18. The van der Waals surface area contributed by atoms with E-state index in [1.165, 1.54) is 16.7 Å². The van der Waals surface area contributed by atoms with E-state index in [2.05, 4.69) is 5.32 Å². The Balaban J connectivity index is 1.70. The molecule has 2 aromatic rings. The van der Waals surface area contributed by atoms with Crippen molar-refractivity contribution in [1.82, 2.24) is 20.0 Å². The van der Waals surface area contributed by atoms with Gasteiger partial charge in [0.15, 0.2) is 5.54 Å². The number of carboxylic acid groups (broad SMARTS) is 1. The number of carbonyl (C=O) groups excluding carboxylic acids is 2. The van der Waals surface area contributed by atoms with Crippen LogP contribution in [0.3, 0.4) is 0 Å². The predicted molar refractivity (Wildman–Crippen MR) is 150 cm³/mol. The van der Waals surface area contributed by atoms with Crippen molar-refractivity contribution in [3.05, 3.63) is 42.0 Å². The summed E-state index contributed by atoms with van der Waals surface area (Å²) in [6.45, 7) is 7.02. The zero-order chi connectivity index (χ0) is 28.0. The van der Waals surface area contributed by atoms with E-state index >= 15 is 0 Å². The summed E-state index contributed by atoms with van der Waals surface area (Å²) >= 11 is 1.44. The standard InChI is InChI=1S/C28H38N4O5S/c1-8-37-20-14-13-17-11-9-10-12-19(17)21(20)23(33)29-22-24(34)32-25(22)38-27(2,3)28(32,26(35)36)18(15-30(4)5)16-31(6)7/h9-14,18,22,25H,8,15-16H2,1-7H3,(H,29,33)(H,35,36)/t22-,25-,28+/m1/s1. The zero-order valence-corrected chi connectivity index (χ0v) is 24.0. The van der Waals surface area contributed by atoms with Crippen LogP contribution in [0.4, 0.5) is 0 Å². The molecule has 2 N–H and O–H groups in total. The topological polar surface area (TPSA) is 102 Å². The molecule has 2 aromatic carbocycles. The van der Waals surface area contributed by atoms with Gasteiger partial charge >= 0.3 is 5.97 Å². The summed E-state index contributed by atoms with van der Waals surface area (Å²) in [5.41, 5.74) is -1.06. The van der Waals surface area contributed by atoms with Gasteiger partial charge in [-0.2, -0.15) is 0 Å². The number of hydrogen-bond acceptors (Lipinski definition) is 7. The van der Waals surface area contributed by atoms with Crippen LogP contribution in [0, 0.1) is 5.92 Å². The second-order valence-corrected chi connectivity index (χ2v) is 12.8. The number of benzene rings is 2. The lowest BCUT2D eigenvalue weighted by Crippen LogP contribution is -2.78. The summed E-state index contributed by atoms with van der Waals surface area (Å²) in [6.07, 6.45) is 0. The van der Waals surface area contributed by atoms with Crippen molar-refractivity contribution in [2.24, 2.45) is 5.92 Å². The molecule has 0 aliphatic carbocycles. The maximum absolute atomic E-state index is 13.7. The number of hydrogen-bond donors (Lipinski definition) is 2. The molecule has 2 saturated heterocycles. The van der Waals surface area contributed by atoms with Gasteiger partial charge in [-0.3, -0.25) is 9.59 Å². The third kappa shape index (κ3) is 4.42. The Bertz CT molecular complexity index is 1240. The van der Waals surface area contributed by atoms with Gasteiger partial charge in [-0.25, -0.2) is 4.79 Å². The second kappa shape index (κ2) is 10.4. The Morgan fingerprint density at radius 3 is 2.32 bits per heavy atom. The third-order valence-corrected chi connectivity index (χ3v) is 9.17. The van der Waals surface area contributed by atoms with Gasteiger partial charge in [0, 0.05) is 23.8 Å². The van der Waals surface area contributed by atoms with E-state index in [1.807, 2.05) is 89.1 Å². The van der Waals surface area contributed by atoms with Crippen molar-refractivity contribution < 1.29 is 24.2 Å². The monoisotopic (exact) mass is 542 g/mol. The van der Waals surface area contributed by atoms with Crippen LogP contribution < -0.4 is 10.1 Å². The Labute approximate surface area is 228 Å². The van der Waals surface area contributed by atoms with Gasteiger partial charge in [-0.05, 0) is 65.8 Å². The molecule has 0 aromatic heterocycles. The van der Waals surface area contributed by atoms with Crippen molar-refractivity contribution in [3.8, 4) is 5.75 Å². The minimum Gasteiger partial charge on any atom is -0.493 e. The average Bonchev–Trinajstić information content (AvgIpc) is 3.06. The molecule has 0 bridgehead atoms. The van der Waals surface area contributed by atoms with E-state index in [0.29, 0.717) is 31.0 Å². The van der Waals surface area contributed by atoms with E-state index in [0.717, 1.165) is 10.8 Å². The minimum atomic E-state index is -1.44. The van der Waals surface area contributed by atoms with Crippen LogP contribution in [0.15, 0.2) is 36.4 Å². The number of β-lactam (4-membered cyclic amide) rings is 1. The first-order valence-electron chi connectivity index (χ1n) is 12.9. The quantitative estimate of drug-likeness (QED) is 0.442. The van der Waals surface area contributed by atoms with E-state index < -0.39 is 33.6 Å². The van der Waals surface area contributed by atoms with E-state index in [4.69, 9.17) is 4.74 Å². The first-order valence-corrected chi connectivity index (χ1v) is 13.7. The highest BCUT2D eigenvalue weighted by Gasteiger charge is 2.75. The zero-order valence-electron chi connectivity index (χ0n) is 23.1. The molecular formula is C28H38N4O5S. The van der Waals surface area contributed by atoms with Crippen molar-refractivity contribution in [2.75, 3.05) is 47.9 Å². The molecule has 10 heteroatoms. The highest BCUT2D eigenvalue weighted by Crippen LogP contribution is 2.59. The first-order chi connectivity index (χ1) is 17.9. The number of fused-ring (bicyclic) bond motifs is 2. The molecule has 4 rings (SSSR count). The fraction of sp³-hybridized carbons (Fsp3) is 0.536. The van der Waals surface area contributed by atoms with Gasteiger partial charge in [-0.15, -0.1) is 11.8 Å². The van der Waals surface area contributed by atoms with Crippen molar-refractivity contribution >= 4 is 40.3 Å². The summed E-state index contributed by atoms with van der Waals surface area (Å²) in [7, 11) is 7.63. The number of rotatable bonds is 10. The second-order valence-electron chi connectivity index (χ2n) is 11.1. The molecule has 0 radical (unpaired) electrons. The van der Waals surface area contributed by atoms with Crippen LogP contribution in [0.2, 0.25) is 0 Å². The first kappa shape index (κ1) is 28.2. The molecule has 38 heavy (non-hydrogen) atoms. The van der Waals surface area contributed by atoms with Crippen LogP contribution in [0.1, 0.15) is 31.1 Å². The van der Waals surface area contributed by atoms with Crippen molar-refractivity contribution in [1.29, 1.82) is 0 Å². The molecule has 2 aliphatic rings. The SMILES string of the molecule is CCOc1ccc2ccccc2c1C(=O)N[C@@H]1C(=O)N2[C@@H]1SC(C)(C)[C@@]2(C(=O)O)C(CN(C)C)CN(C)C. The van der Waals surface area contributed by atoms with Crippen LogP contribution in [-0.2, 0) is 9.59 Å². The number of nitrogens with one attached hydrogen (secondary N) is 1. The summed E-state index contributed by atoms with van der Waals surface area (Å²) in [5, 5.41) is 14.8. The Morgan fingerprint density at radius 2 is 1.74 bits per heavy atom. The molecule has 2 fully saturated rings. The molecule has 2 aliphatic heterocycles. The van der Waals surface area contributed by atoms with Gasteiger partial charge in [0.25, 0.3) is 5.91 Å². The number of carbonyl (C=O) groups is 3. The highest BCUT2D eigenvalue weighted by molar-refractivity contribution is 8.01. The molecule has 206 valence electrons. The third-order valence-electron chi connectivity index (χ3n) is 7.55. The van der Waals surface area contributed by atoms with Crippen LogP contribution >= 0.6 is 11.8 Å². The summed E-state index contributed by atoms with van der Waals surface area (Å²) in [6, 6.07) is 10.4. The number of amides is 2. The fourth-order valence-corrected chi connectivity index (χ4v) is 8.01. The number of nitrogens with zero attached hydrogens (tertiary/aromatic N) is 3. The molecule has 2 amide bonds. The van der Waals surface area contributed by atoms with E-state index in [-0.39, 0.29) is 11.8 Å². The van der Waals surface area contributed by atoms with Gasteiger partial charge in [0.2, 0.25) is 5.91 Å². The number of aliphatic carboxylic acids is 1. The Hall–Kier alpha value is -2.82. The van der Waals surface area contributed by atoms with Gasteiger partial charge < -0.3 is 29.9 Å². The lowest BCUT2D eigenvalue weighted by Gasteiger charge is -2.53. The number of carboxylic acids is 1. The molecule has 3 atom stereocenters. The summed E-state index contributed by atoms with van der Waals surface area (Å²) in [4.78, 5) is 46.0. The van der Waals surface area contributed by atoms with Crippen molar-refractivity contribution in [3.63, 3.8) is 0 Å². The molecule has 0 saturated carbocycles. The molecule has 2 heterocycles. The number of ether oxygens (including phenoxy) is 1. The van der Waals surface area contributed by atoms with E-state index in [9.17, 15) is 19.5 Å². The molecule has 0 spiro atoms. The largest absolute Gasteiger partial charge is 0.493 e. The van der Waals surface area contributed by atoms with Gasteiger partial charge in [0.05, 0.1) is 12.2 Å². The normalized spacial score (nSPS) is 24.2. The van der Waals surface area contributed by atoms with Crippen molar-refractivity contribution in [2.45, 2.75) is 42.5 Å². The molecule has 0 unspecified atom stereocenters. The molecular weight excluding hydrogens is 504 g/mol. The number of thioether (sulfide) groups is 1. The summed E-state index contributed by atoms with van der Waals surface area (Å²) in [5.74, 6) is -1.71. The maximum atomic E-state index is 13.7. The van der Waals surface area contributed by atoms with Crippen LogP contribution in [-0.4, -0.2) is 107 Å². The van der Waals surface area contributed by atoms with Crippen LogP contribution in [0.5, 0.6) is 5.75 Å². The lowest BCUT2D eigenvalue weighted by molar-refractivity contribution is -0.177. The van der Waals surface area contributed by atoms with Gasteiger partial charge in [0.1, 0.15) is 17.2 Å².